The summed E-state index contributed by atoms with van der Waals surface area (Å²) in [6.45, 7) is 11.3. The van der Waals surface area contributed by atoms with Crippen molar-refractivity contribution in [1.82, 2.24) is 4.98 Å². The standard InChI is InChI=1S/C37H46N6O3S2/c1-4-28(3)45-25-14-12-10-8-6-7-9-11-13-24-38-30-19-21-32(22-20-30)41-43-37-39-36-33(47-37)27-34(48-36)42-40-31-17-15-29(16-18-31)23-26-46-35(44)5-2/h4-5,15-22,27-28,38H,1-2,6-14,23-26H2,3H3/b42-40+,43-41+. The number of benzene rings is 2. The molecule has 48 heavy (non-hydrogen) atoms. The lowest BCUT2D eigenvalue weighted by molar-refractivity contribution is -0.137. The Morgan fingerprint density at radius 1 is 0.833 bits per heavy atom. The first-order valence-electron chi connectivity index (χ1n) is 16.7. The van der Waals surface area contributed by atoms with Crippen LogP contribution in [0.5, 0.6) is 0 Å². The molecule has 1 atom stereocenters. The molecule has 2 heterocycles. The van der Waals surface area contributed by atoms with E-state index in [1.807, 2.05) is 67.6 Å². The molecule has 9 nitrogen and oxygen atoms in total. The number of hydrogen-bond acceptors (Lipinski definition) is 11. The van der Waals surface area contributed by atoms with Crippen molar-refractivity contribution in [3.63, 3.8) is 0 Å². The van der Waals surface area contributed by atoms with Crippen molar-refractivity contribution < 1.29 is 14.3 Å². The lowest BCUT2D eigenvalue weighted by Gasteiger charge is -2.08. The highest BCUT2D eigenvalue weighted by Crippen LogP contribution is 2.39. The minimum Gasteiger partial charge on any atom is -0.462 e. The van der Waals surface area contributed by atoms with Crippen molar-refractivity contribution in [2.24, 2.45) is 20.5 Å². The Hall–Kier alpha value is -4.06. The van der Waals surface area contributed by atoms with E-state index in [0.717, 1.165) is 62.8 Å². The van der Waals surface area contributed by atoms with Crippen LogP contribution in [0.25, 0.3) is 9.53 Å². The second kappa shape index (κ2) is 21.0. The van der Waals surface area contributed by atoms with Crippen molar-refractivity contribution in [2.45, 2.75) is 77.2 Å². The van der Waals surface area contributed by atoms with Gasteiger partial charge in [-0.1, -0.05) is 92.4 Å². The van der Waals surface area contributed by atoms with E-state index < -0.39 is 5.97 Å². The molecule has 4 aromatic rings. The van der Waals surface area contributed by atoms with Crippen LogP contribution in [0.2, 0.25) is 0 Å². The van der Waals surface area contributed by atoms with Gasteiger partial charge >= 0.3 is 5.97 Å². The minimum atomic E-state index is -0.416. The largest absolute Gasteiger partial charge is 0.462 e. The molecule has 2 aromatic carbocycles. The smallest absolute Gasteiger partial charge is 0.330 e. The van der Waals surface area contributed by atoms with Crippen LogP contribution in [0, 0.1) is 0 Å². The van der Waals surface area contributed by atoms with E-state index in [-0.39, 0.29) is 6.10 Å². The summed E-state index contributed by atoms with van der Waals surface area (Å²) in [7, 11) is 0. The summed E-state index contributed by atoms with van der Waals surface area (Å²) < 4.78 is 11.7. The molecule has 1 N–H and O–H groups in total. The van der Waals surface area contributed by atoms with E-state index in [0.29, 0.717) is 18.2 Å². The number of anilines is 1. The lowest BCUT2D eigenvalue weighted by Crippen LogP contribution is -2.05. The Balaban J connectivity index is 1.09. The monoisotopic (exact) mass is 686 g/mol. The van der Waals surface area contributed by atoms with E-state index in [9.17, 15) is 4.79 Å². The number of esters is 1. The van der Waals surface area contributed by atoms with E-state index in [1.54, 1.807) is 0 Å². The number of carbonyl (C=O) groups is 1. The molecule has 4 rings (SSSR count). The maximum absolute atomic E-state index is 11.2. The van der Waals surface area contributed by atoms with Gasteiger partial charge in [0.1, 0.15) is 9.83 Å². The van der Waals surface area contributed by atoms with Gasteiger partial charge in [0.25, 0.3) is 0 Å². The number of carbonyl (C=O) groups excluding carboxylic acids is 1. The topological polar surface area (TPSA) is 110 Å². The Bertz CT molecular complexity index is 1580. The van der Waals surface area contributed by atoms with Crippen LogP contribution in [-0.2, 0) is 20.7 Å². The van der Waals surface area contributed by atoms with E-state index in [4.69, 9.17) is 9.47 Å². The Kier molecular flexibility index (Phi) is 16.1. The third kappa shape index (κ3) is 13.6. The second-order valence-electron chi connectivity index (χ2n) is 11.4. The fourth-order valence-corrected chi connectivity index (χ4v) is 6.60. The normalized spacial score (nSPS) is 12.2. The highest BCUT2D eigenvalue weighted by Gasteiger charge is 2.08. The lowest BCUT2D eigenvalue weighted by atomic mass is 10.1. The number of hydrogen-bond donors (Lipinski definition) is 1. The van der Waals surface area contributed by atoms with Crippen LogP contribution in [0.15, 0.2) is 100 Å². The maximum Gasteiger partial charge on any atom is 0.330 e. The fourth-order valence-electron chi connectivity index (χ4n) is 4.75. The predicted octanol–water partition coefficient (Wildman–Crippen LogP) is 12.0. The minimum absolute atomic E-state index is 0.166. The SMILES string of the molecule is C=CC(=O)OCCc1ccc(/N=N/c2cc3sc(/N=N/c4ccc(NCCCCCCCCCCCOC(C)C=C)cc4)nc3s2)cc1. The molecule has 0 fully saturated rings. The molecule has 0 bridgehead atoms. The van der Waals surface area contributed by atoms with E-state index in [2.05, 4.69) is 43.9 Å². The van der Waals surface area contributed by atoms with Crippen LogP contribution in [-0.4, -0.2) is 36.8 Å². The molecule has 1 unspecified atom stereocenters. The highest BCUT2D eigenvalue weighted by atomic mass is 32.1. The summed E-state index contributed by atoms with van der Waals surface area (Å²) in [6.07, 6.45) is 15.2. The Labute approximate surface area is 291 Å². The van der Waals surface area contributed by atoms with Gasteiger partial charge in [-0.3, -0.25) is 0 Å². The number of unbranched alkanes of at least 4 members (excludes halogenated alkanes) is 8. The second-order valence-corrected chi connectivity index (χ2v) is 13.4. The average Bonchev–Trinajstić information content (AvgIpc) is 3.68. The molecular formula is C37H46N6O3S2. The van der Waals surface area contributed by atoms with Crippen molar-refractivity contribution >= 4 is 65.4 Å². The maximum atomic E-state index is 11.2. The first kappa shape index (κ1) is 36.8. The zero-order valence-electron chi connectivity index (χ0n) is 27.8. The number of nitrogens with zero attached hydrogens (tertiary/aromatic N) is 5. The molecular weight excluding hydrogens is 641 g/mol. The molecule has 0 aliphatic carbocycles. The molecule has 2 aromatic heterocycles. The zero-order chi connectivity index (χ0) is 33.8. The van der Waals surface area contributed by atoms with Gasteiger partial charge in [0.2, 0.25) is 5.13 Å². The third-order valence-corrected chi connectivity index (χ3v) is 9.48. The number of nitrogens with one attached hydrogen (secondary N) is 1. The summed E-state index contributed by atoms with van der Waals surface area (Å²) in [5.41, 5.74) is 3.68. The Morgan fingerprint density at radius 3 is 2.15 bits per heavy atom. The summed E-state index contributed by atoms with van der Waals surface area (Å²) in [5, 5.41) is 22.3. The summed E-state index contributed by atoms with van der Waals surface area (Å²) >= 11 is 2.94. The van der Waals surface area contributed by atoms with Gasteiger partial charge in [-0.25, -0.2) is 9.78 Å². The quantitative estimate of drug-likeness (QED) is 0.0274. The van der Waals surface area contributed by atoms with Crippen molar-refractivity contribution in [3.05, 3.63) is 85.5 Å². The molecule has 0 saturated carbocycles. The van der Waals surface area contributed by atoms with Gasteiger partial charge < -0.3 is 14.8 Å². The van der Waals surface area contributed by atoms with Gasteiger partial charge in [-0.05, 0) is 67.8 Å². The molecule has 0 radical (unpaired) electrons. The predicted molar refractivity (Wildman–Crippen MR) is 199 cm³/mol. The molecule has 0 aliphatic heterocycles. The average molecular weight is 687 g/mol. The van der Waals surface area contributed by atoms with Crippen molar-refractivity contribution in [2.75, 3.05) is 25.1 Å². The van der Waals surface area contributed by atoms with Gasteiger partial charge in [0.05, 0.1) is 28.8 Å². The molecule has 0 amide bonds. The van der Waals surface area contributed by atoms with Crippen LogP contribution >= 0.6 is 22.7 Å². The van der Waals surface area contributed by atoms with E-state index >= 15 is 0 Å². The summed E-state index contributed by atoms with van der Waals surface area (Å²) in [6, 6.07) is 17.7. The van der Waals surface area contributed by atoms with Gasteiger partial charge in [-0.15, -0.1) is 27.0 Å². The number of rotatable bonds is 23. The zero-order valence-corrected chi connectivity index (χ0v) is 29.4. The highest BCUT2D eigenvalue weighted by molar-refractivity contribution is 7.30. The first-order chi connectivity index (χ1) is 23.5. The Morgan fingerprint density at radius 2 is 1.48 bits per heavy atom. The van der Waals surface area contributed by atoms with Crippen LogP contribution in [0.4, 0.5) is 27.2 Å². The number of aromatic nitrogens is 1. The molecule has 0 spiro atoms. The third-order valence-electron chi connectivity index (χ3n) is 7.55. The molecule has 11 heteroatoms. The summed E-state index contributed by atoms with van der Waals surface area (Å²) in [5.74, 6) is -0.416. The number of fused-ring (bicyclic) bond motifs is 1. The van der Waals surface area contributed by atoms with Crippen LogP contribution in [0.3, 0.4) is 0 Å². The number of azo groups is 2. The van der Waals surface area contributed by atoms with Crippen molar-refractivity contribution in [1.29, 1.82) is 0 Å². The molecule has 254 valence electrons. The number of thiazole rings is 1. The van der Waals surface area contributed by atoms with Crippen LogP contribution < -0.4 is 5.32 Å². The molecule has 0 aliphatic rings. The van der Waals surface area contributed by atoms with Crippen LogP contribution in [0.1, 0.15) is 70.3 Å². The summed E-state index contributed by atoms with van der Waals surface area (Å²) in [4.78, 5) is 16.6. The molecule has 0 saturated heterocycles. The van der Waals surface area contributed by atoms with E-state index in [1.165, 1.54) is 74.0 Å². The van der Waals surface area contributed by atoms with Gasteiger partial charge in [0, 0.05) is 31.3 Å². The van der Waals surface area contributed by atoms with Gasteiger partial charge in [0.15, 0.2) is 0 Å². The van der Waals surface area contributed by atoms with Crippen molar-refractivity contribution in [3.8, 4) is 0 Å². The van der Waals surface area contributed by atoms with Gasteiger partial charge in [-0.2, -0.15) is 0 Å². The number of ether oxygens (including phenoxy) is 2. The fraction of sp³-hybridized carbons (Fsp3) is 0.405. The number of thiophene rings is 1. The first-order valence-corrected chi connectivity index (χ1v) is 18.4.